The predicted molar refractivity (Wildman–Crippen MR) is 78.4 cm³/mol. The van der Waals surface area contributed by atoms with Gasteiger partial charge in [0, 0.05) is 6.07 Å². The number of hydrogen-bond donors (Lipinski definition) is 0. The van der Waals surface area contributed by atoms with Crippen molar-refractivity contribution in [1.82, 2.24) is 9.78 Å². The van der Waals surface area contributed by atoms with Gasteiger partial charge in [0.15, 0.2) is 0 Å². The Labute approximate surface area is 112 Å². The number of para-hydroxylation sites is 1. The summed E-state index contributed by atoms with van der Waals surface area (Å²) in [5, 5.41) is 4.41. The molecule has 0 atom stereocenters. The molecule has 0 saturated heterocycles. The van der Waals surface area contributed by atoms with E-state index in [0.29, 0.717) is 0 Å². The van der Waals surface area contributed by atoms with Gasteiger partial charge in [-0.1, -0.05) is 36.9 Å². The molecule has 2 aromatic rings. The maximum Gasteiger partial charge on any atom is 0.271 e. The van der Waals surface area contributed by atoms with Crippen molar-refractivity contribution in [3.63, 3.8) is 0 Å². The summed E-state index contributed by atoms with van der Waals surface area (Å²) in [6, 6.07) is 10.9. The van der Waals surface area contributed by atoms with Crippen LogP contribution in [0.5, 0.6) is 0 Å². The summed E-state index contributed by atoms with van der Waals surface area (Å²) in [7, 11) is 0. The number of aryl methyl sites for hydroxylation is 1. The molecule has 2 rings (SSSR count). The summed E-state index contributed by atoms with van der Waals surface area (Å²) in [5.41, 5.74) is 3.31. The lowest BCUT2D eigenvalue weighted by Crippen LogP contribution is -2.21. The zero-order valence-electron chi connectivity index (χ0n) is 11.1. The fourth-order valence-corrected chi connectivity index (χ4v) is 1.91. The molecule has 1 heterocycles. The van der Waals surface area contributed by atoms with Crippen LogP contribution in [0.1, 0.15) is 18.2 Å². The summed E-state index contributed by atoms with van der Waals surface area (Å²) in [6.07, 6.45) is 3.65. The van der Waals surface area contributed by atoms with Crippen molar-refractivity contribution in [3.05, 3.63) is 76.7 Å². The van der Waals surface area contributed by atoms with Crippen molar-refractivity contribution >= 4 is 5.57 Å². The molecule has 1 aromatic heterocycles. The first-order valence-electron chi connectivity index (χ1n) is 6.13. The van der Waals surface area contributed by atoms with Crippen LogP contribution < -0.4 is 5.56 Å². The van der Waals surface area contributed by atoms with Gasteiger partial charge >= 0.3 is 0 Å². The third kappa shape index (κ3) is 2.55. The summed E-state index contributed by atoms with van der Waals surface area (Å²) >= 11 is 0. The Morgan fingerprint density at radius 2 is 2.00 bits per heavy atom. The average molecular weight is 252 g/mol. The minimum absolute atomic E-state index is 0.141. The number of rotatable bonds is 3. The van der Waals surface area contributed by atoms with Gasteiger partial charge in [-0.05, 0) is 37.1 Å². The number of nitrogens with zero attached hydrogens (tertiary/aromatic N) is 2. The highest BCUT2D eigenvalue weighted by atomic mass is 16.1. The van der Waals surface area contributed by atoms with E-state index in [1.54, 1.807) is 12.1 Å². The number of aromatic nitrogens is 2. The lowest BCUT2D eigenvalue weighted by Gasteiger charge is -2.09. The maximum atomic E-state index is 12.0. The van der Waals surface area contributed by atoms with Gasteiger partial charge in [0.2, 0.25) is 0 Å². The first-order chi connectivity index (χ1) is 9.17. The molecule has 1 aromatic carbocycles. The van der Waals surface area contributed by atoms with E-state index in [1.807, 2.05) is 44.2 Å². The van der Waals surface area contributed by atoms with E-state index < -0.39 is 0 Å². The Kier molecular flexibility index (Phi) is 3.76. The Morgan fingerprint density at radius 3 is 2.63 bits per heavy atom. The molecule has 0 amide bonds. The highest BCUT2D eigenvalue weighted by molar-refractivity contribution is 5.70. The van der Waals surface area contributed by atoms with Crippen LogP contribution in [0.2, 0.25) is 0 Å². The minimum Gasteiger partial charge on any atom is -0.267 e. The third-order valence-corrected chi connectivity index (χ3v) is 2.97. The average Bonchev–Trinajstić information content (AvgIpc) is 2.43. The molecular weight excluding hydrogens is 236 g/mol. The second kappa shape index (κ2) is 5.48. The van der Waals surface area contributed by atoms with Crippen LogP contribution in [-0.4, -0.2) is 9.78 Å². The van der Waals surface area contributed by atoms with Crippen LogP contribution in [0.3, 0.4) is 0 Å². The van der Waals surface area contributed by atoms with Crippen molar-refractivity contribution in [1.29, 1.82) is 0 Å². The van der Waals surface area contributed by atoms with Gasteiger partial charge in [0.1, 0.15) is 0 Å². The number of hydrogen-bond acceptors (Lipinski definition) is 2. The van der Waals surface area contributed by atoms with Crippen molar-refractivity contribution in [2.45, 2.75) is 13.8 Å². The first-order valence-corrected chi connectivity index (χ1v) is 6.13. The van der Waals surface area contributed by atoms with E-state index in [1.165, 1.54) is 10.7 Å². The molecule has 0 spiro atoms. The minimum atomic E-state index is -0.141. The molecule has 3 nitrogen and oxygen atoms in total. The quantitative estimate of drug-likeness (QED) is 0.787. The standard InChI is InChI=1S/C16H16N2O/c1-4-13(5-2)14-10-11-16(19)18(17-14)15-9-7-6-8-12(15)3/h4-11H,1H2,2-3H3/b13-5+. The Morgan fingerprint density at radius 1 is 1.26 bits per heavy atom. The van der Waals surface area contributed by atoms with E-state index in [9.17, 15) is 4.79 Å². The summed E-state index contributed by atoms with van der Waals surface area (Å²) in [5.74, 6) is 0. The molecule has 0 fully saturated rings. The lowest BCUT2D eigenvalue weighted by atomic mass is 10.1. The second-order valence-electron chi connectivity index (χ2n) is 4.20. The van der Waals surface area contributed by atoms with Crippen molar-refractivity contribution < 1.29 is 0 Å². The Hall–Kier alpha value is -2.42. The molecule has 0 bridgehead atoms. The highest BCUT2D eigenvalue weighted by Crippen LogP contribution is 2.14. The Balaban J connectivity index is 2.65. The smallest absolute Gasteiger partial charge is 0.267 e. The molecule has 19 heavy (non-hydrogen) atoms. The highest BCUT2D eigenvalue weighted by Gasteiger charge is 2.06. The van der Waals surface area contributed by atoms with E-state index >= 15 is 0 Å². The van der Waals surface area contributed by atoms with E-state index in [2.05, 4.69) is 11.7 Å². The summed E-state index contributed by atoms with van der Waals surface area (Å²) in [6.45, 7) is 7.63. The third-order valence-electron chi connectivity index (χ3n) is 2.97. The second-order valence-corrected chi connectivity index (χ2v) is 4.20. The van der Waals surface area contributed by atoms with Crippen LogP contribution in [0.15, 0.2) is 59.9 Å². The first kappa shape index (κ1) is 13.0. The van der Waals surface area contributed by atoms with Gasteiger partial charge in [-0.25, -0.2) is 0 Å². The Bertz CT molecular complexity index is 696. The predicted octanol–water partition coefficient (Wildman–Crippen LogP) is 3.13. The van der Waals surface area contributed by atoms with Crippen LogP contribution in [0, 0.1) is 6.92 Å². The van der Waals surface area contributed by atoms with E-state index in [0.717, 1.165) is 22.5 Å². The van der Waals surface area contributed by atoms with Crippen LogP contribution >= 0.6 is 0 Å². The molecule has 0 aliphatic carbocycles. The van der Waals surface area contributed by atoms with Gasteiger partial charge in [0.05, 0.1) is 11.4 Å². The van der Waals surface area contributed by atoms with Crippen LogP contribution in [0.25, 0.3) is 11.3 Å². The molecule has 0 unspecified atom stereocenters. The topological polar surface area (TPSA) is 34.9 Å². The SMILES string of the molecule is C=C/C(=C\C)c1ccc(=O)n(-c2ccccc2C)n1. The molecule has 96 valence electrons. The zero-order valence-corrected chi connectivity index (χ0v) is 11.1. The monoisotopic (exact) mass is 252 g/mol. The summed E-state index contributed by atoms with van der Waals surface area (Å²) in [4.78, 5) is 12.0. The van der Waals surface area contributed by atoms with Crippen molar-refractivity contribution in [3.8, 4) is 5.69 Å². The van der Waals surface area contributed by atoms with Gasteiger partial charge < -0.3 is 0 Å². The number of allylic oxidation sites excluding steroid dienone is 3. The van der Waals surface area contributed by atoms with Crippen molar-refractivity contribution in [2.75, 3.05) is 0 Å². The molecule has 0 aliphatic heterocycles. The van der Waals surface area contributed by atoms with E-state index in [-0.39, 0.29) is 5.56 Å². The molecule has 0 radical (unpaired) electrons. The van der Waals surface area contributed by atoms with Gasteiger partial charge in [-0.15, -0.1) is 0 Å². The zero-order chi connectivity index (χ0) is 13.8. The molecule has 3 heteroatoms. The van der Waals surface area contributed by atoms with E-state index in [4.69, 9.17) is 0 Å². The molecule has 0 aliphatic rings. The normalized spacial score (nSPS) is 11.4. The lowest BCUT2D eigenvalue weighted by molar-refractivity contribution is 0.793. The van der Waals surface area contributed by atoms with Gasteiger partial charge in [0.25, 0.3) is 5.56 Å². The van der Waals surface area contributed by atoms with Crippen LogP contribution in [0.4, 0.5) is 0 Å². The largest absolute Gasteiger partial charge is 0.271 e. The van der Waals surface area contributed by atoms with Crippen molar-refractivity contribution in [2.24, 2.45) is 0 Å². The van der Waals surface area contributed by atoms with Gasteiger partial charge in [-0.2, -0.15) is 9.78 Å². The fourth-order valence-electron chi connectivity index (χ4n) is 1.91. The van der Waals surface area contributed by atoms with Gasteiger partial charge in [-0.3, -0.25) is 4.79 Å². The maximum absolute atomic E-state index is 12.0. The molecule has 0 saturated carbocycles. The number of benzene rings is 1. The molecular formula is C16H16N2O. The fraction of sp³-hybridized carbons (Fsp3) is 0.125. The molecule has 0 N–H and O–H groups in total. The van der Waals surface area contributed by atoms with Crippen LogP contribution in [-0.2, 0) is 0 Å². The summed E-state index contributed by atoms with van der Waals surface area (Å²) < 4.78 is 1.43.